The van der Waals surface area contributed by atoms with Crippen molar-refractivity contribution in [3.05, 3.63) is 59.7 Å². The highest BCUT2D eigenvalue weighted by molar-refractivity contribution is 5.94. The molecule has 0 aromatic heterocycles. The number of carbonyl (C=O) groups excluding carboxylic acids is 3. The number of anilines is 1. The van der Waals surface area contributed by atoms with Gasteiger partial charge in [0.25, 0.3) is 5.91 Å². The smallest absolute Gasteiger partial charge is 0.306 e. The lowest BCUT2D eigenvalue weighted by Gasteiger charge is -2.09. The molecule has 0 aliphatic carbocycles. The maximum Gasteiger partial charge on any atom is 0.306 e. The standard InChI is InChI=1S/C20H19F2NO5/c1-13(24)14-7-9-15(10-8-14)27-11-3-6-19(26)28-12-18(25)23-20-16(21)4-2-5-17(20)22/h2,4-5,7-10H,3,6,11-12H2,1H3,(H,23,25). The van der Waals surface area contributed by atoms with Crippen molar-refractivity contribution >= 4 is 23.3 Å². The first kappa shape index (κ1) is 21.0. The molecule has 148 valence electrons. The van der Waals surface area contributed by atoms with E-state index in [9.17, 15) is 23.2 Å². The lowest BCUT2D eigenvalue weighted by Crippen LogP contribution is -2.22. The predicted molar refractivity (Wildman–Crippen MR) is 97.1 cm³/mol. The number of nitrogens with one attached hydrogen (secondary N) is 1. The van der Waals surface area contributed by atoms with E-state index in [1.54, 1.807) is 24.3 Å². The number of benzene rings is 2. The Kier molecular flexibility index (Phi) is 7.62. The largest absolute Gasteiger partial charge is 0.494 e. The lowest BCUT2D eigenvalue weighted by molar-refractivity contribution is -0.147. The summed E-state index contributed by atoms with van der Waals surface area (Å²) in [6.07, 6.45) is 0.351. The lowest BCUT2D eigenvalue weighted by atomic mass is 10.1. The van der Waals surface area contributed by atoms with Gasteiger partial charge in [-0.2, -0.15) is 0 Å². The Balaban J connectivity index is 1.65. The highest BCUT2D eigenvalue weighted by atomic mass is 19.1. The van der Waals surface area contributed by atoms with Crippen molar-refractivity contribution < 1.29 is 32.6 Å². The normalized spacial score (nSPS) is 10.2. The highest BCUT2D eigenvalue weighted by Crippen LogP contribution is 2.17. The minimum atomic E-state index is -0.923. The molecule has 0 spiro atoms. The molecule has 1 amide bonds. The first-order valence-electron chi connectivity index (χ1n) is 8.50. The van der Waals surface area contributed by atoms with Crippen LogP contribution in [0.2, 0.25) is 0 Å². The zero-order chi connectivity index (χ0) is 20.5. The minimum Gasteiger partial charge on any atom is -0.494 e. The minimum absolute atomic E-state index is 0.00681. The average Bonchev–Trinajstić information content (AvgIpc) is 2.67. The molecule has 1 N–H and O–H groups in total. The van der Waals surface area contributed by atoms with Crippen LogP contribution in [0.4, 0.5) is 14.5 Å². The Labute approximate surface area is 160 Å². The molecule has 0 heterocycles. The van der Waals surface area contributed by atoms with Crippen molar-refractivity contribution in [2.24, 2.45) is 0 Å². The first-order valence-corrected chi connectivity index (χ1v) is 8.50. The third kappa shape index (κ3) is 6.46. The zero-order valence-corrected chi connectivity index (χ0v) is 15.2. The number of para-hydroxylation sites is 1. The van der Waals surface area contributed by atoms with Gasteiger partial charge in [0.1, 0.15) is 23.1 Å². The molecule has 0 bridgehead atoms. The van der Waals surface area contributed by atoms with Crippen LogP contribution >= 0.6 is 0 Å². The molecule has 8 heteroatoms. The summed E-state index contributed by atoms with van der Waals surface area (Å²) in [6.45, 7) is 1.05. The van der Waals surface area contributed by atoms with E-state index in [2.05, 4.69) is 0 Å². The molecule has 0 aliphatic rings. The van der Waals surface area contributed by atoms with Gasteiger partial charge in [-0.15, -0.1) is 0 Å². The van der Waals surface area contributed by atoms with Crippen molar-refractivity contribution in [1.29, 1.82) is 0 Å². The number of ketones is 1. The molecule has 0 saturated carbocycles. The summed E-state index contributed by atoms with van der Waals surface area (Å²) in [6, 6.07) is 9.76. The summed E-state index contributed by atoms with van der Waals surface area (Å²) >= 11 is 0. The van der Waals surface area contributed by atoms with Gasteiger partial charge in [-0.1, -0.05) is 6.07 Å². The maximum atomic E-state index is 13.4. The van der Waals surface area contributed by atoms with E-state index in [4.69, 9.17) is 9.47 Å². The van der Waals surface area contributed by atoms with Gasteiger partial charge in [0, 0.05) is 12.0 Å². The Morgan fingerprint density at radius 1 is 1.00 bits per heavy atom. The second-order valence-electron chi connectivity index (χ2n) is 5.84. The van der Waals surface area contributed by atoms with Crippen molar-refractivity contribution in [2.75, 3.05) is 18.5 Å². The third-order valence-corrected chi connectivity index (χ3v) is 3.65. The fourth-order valence-electron chi connectivity index (χ4n) is 2.20. The van der Waals surface area contributed by atoms with E-state index in [1.165, 1.54) is 13.0 Å². The molecule has 2 aromatic rings. The molecule has 0 aliphatic heterocycles. The van der Waals surface area contributed by atoms with Crippen molar-refractivity contribution in [2.45, 2.75) is 19.8 Å². The second kappa shape index (κ2) is 10.1. The molecule has 0 saturated heterocycles. The first-order chi connectivity index (χ1) is 13.4. The number of hydrogen-bond acceptors (Lipinski definition) is 5. The van der Waals surface area contributed by atoms with E-state index in [0.717, 1.165) is 12.1 Å². The van der Waals surface area contributed by atoms with E-state index in [0.29, 0.717) is 17.7 Å². The number of esters is 1. The van der Waals surface area contributed by atoms with Crippen LogP contribution in [-0.4, -0.2) is 30.9 Å². The van der Waals surface area contributed by atoms with Gasteiger partial charge in [0.2, 0.25) is 0 Å². The number of rotatable bonds is 9. The number of ether oxygens (including phenoxy) is 2. The van der Waals surface area contributed by atoms with Crippen molar-refractivity contribution in [3.8, 4) is 5.75 Å². The van der Waals surface area contributed by atoms with Crippen molar-refractivity contribution in [3.63, 3.8) is 0 Å². The monoisotopic (exact) mass is 391 g/mol. The van der Waals surface area contributed by atoms with E-state index in [1.807, 2.05) is 5.32 Å². The number of Topliss-reactive ketones (excluding diaryl/α,β-unsaturated/α-hetero) is 1. The molecule has 0 radical (unpaired) electrons. The van der Waals surface area contributed by atoms with Crippen LogP contribution in [-0.2, 0) is 14.3 Å². The maximum absolute atomic E-state index is 13.4. The van der Waals surface area contributed by atoms with Crippen LogP contribution in [0, 0.1) is 11.6 Å². The summed E-state index contributed by atoms with van der Waals surface area (Å²) in [7, 11) is 0. The Morgan fingerprint density at radius 2 is 1.64 bits per heavy atom. The fraction of sp³-hybridized carbons (Fsp3) is 0.250. The SMILES string of the molecule is CC(=O)c1ccc(OCCCC(=O)OCC(=O)Nc2c(F)cccc2F)cc1. The van der Waals surface area contributed by atoms with Gasteiger partial charge in [0.05, 0.1) is 6.61 Å². The van der Waals surface area contributed by atoms with E-state index < -0.39 is 35.8 Å². The highest BCUT2D eigenvalue weighted by Gasteiger charge is 2.13. The quantitative estimate of drug-likeness (QED) is 0.402. The molecular formula is C20H19F2NO5. The van der Waals surface area contributed by atoms with Gasteiger partial charge in [-0.05, 0) is 49.7 Å². The van der Waals surface area contributed by atoms with Gasteiger partial charge in [-0.3, -0.25) is 14.4 Å². The molecule has 0 atom stereocenters. The number of carbonyl (C=O) groups is 3. The number of amides is 1. The zero-order valence-electron chi connectivity index (χ0n) is 15.2. The van der Waals surface area contributed by atoms with Crippen LogP contribution in [0.25, 0.3) is 0 Å². The van der Waals surface area contributed by atoms with E-state index >= 15 is 0 Å². The van der Waals surface area contributed by atoms with Gasteiger partial charge in [0.15, 0.2) is 12.4 Å². The summed E-state index contributed by atoms with van der Waals surface area (Å²) in [4.78, 5) is 34.4. The van der Waals surface area contributed by atoms with Crippen LogP contribution in [0.3, 0.4) is 0 Å². The summed E-state index contributed by atoms with van der Waals surface area (Å²) in [5.41, 5.74) is -0.0165. The Bertz CT molecular complexity index is 832. The Morgan fingerprint density at radius 3 is 2.25 bits per heavy atom. The van der Waals surface area contributed by atoms with Crippen molar-refractivity contribution in [1.82, 2.24) is 0 Å². The number of hydrogen-bond donors (Lipinski definition) is 1. The molecule has 0 unspecified atom stereocenters. The van der Waals surface area contributed by atoms with Crippen LogP contribution in [0.15, 0.2) is 42.5 Å². The fourth-order valence-corrected chi connectivity index (χ4v) is 2.20. The predicted octanol–water partition coefficient (Wildman–Crippen LogP) is 3.51. The number of halogens is 2. The van der Waals surface area contributed by atoms with Gasteiger partial charge < -0.3 is 14.8 Å². The van der Waals surface area contributed by atoms with Crippen LogP contribution in [0.5, 0.6) is 5.75 Å². The summed E-state index contributed by atoms with van der Waals surface area (Å²) in [5, 5.41) is 2.02. The molecule has 2 aromatic carbocycles. The molecule has 28 heavy (non-hydrogen) atoms. The van der Waals surface area contributed by atoms with E-state index in [-0.39, 0.29) is 18.8 Å². The molecule has 6 nitrogen and oxygen atoms in total. The van der Waals surface area contributed by atoms with Crippen LogP contribution in [0.1, 0.15) is 30.1 Å². The molecular weight excluding hydrogens is 372 g/mol. The second-order valence-corrected chi connectivity index (χ2v) is 5.84. The van der Waals surface area contributed by atoms with Gasteiger partial charge in [-0.25, -0.2) is 8.78 Å². The molecule has 0 fully saturated rings. The third-order valence-electron chi connectivity index (χ3n) is 3.65. The average molecular weight is 391 g/mol. The van der Waals surface area contributed by atoms with Gasteiger partial charge >= 0.3 is 5.97 Å². The Hall–Kier alpha value is -3.29. The molecule has 2 rings (SSSR count). The topological polar surface area (TPSA) is 81.7 Å². The summed E-state index contributed by atoms with van der Waals surface area (Å²) in [5.74, 6) is -2.82. The van der Waals surface area contributed by atoms with Crippen LogP contribution < -0.4 is 10.1 Å². The summed E-state index contributed by atoms with van der Waals surface area (Å²) < 4.78 is 37.0.